The molecule has 0 aliphatic carbocycles. The van der Waals surface area contributed by atoms with E-state index < -0.39 is 16.0 Å². The summed E-state index contributed by atoms with van der Waals surface area (Å²) in [6.45, 7) is 5.21. The summed E-state index contributed by atoms with van der Waals surface area (Å²) in [6.07, 6.45) is 1.75. The van der Waals surface area contributed by atoms with E-state index >= 15 is 0 Å². The van der Waals surface area contributed by atoms with Gasteiger partial charge in [-0.1, -0.05) is 6.92 Å². The van der Waals surface area contributed by atoms with Gasteiger partial charge in [-0.2, -0.15) is 4.31 Å². The molecular weight excluding hydrogens is 372 g/mol. The molecule has 0 spiro atoms. The third-order valence-electron chi connectivity index (χ3n) is 4.49. The SMILES string of the molecule is Cc1nc(COC(=O)c2ccc(S(=O)(=O)N3CCC(C)CC3)cc2)cs1. The number of benzene rings is 1. The number of thiazole rings is 1. The number of aryl methyl sites for hydroxylation is 1. The largest absolute Gasteiger partial charge is 0.456 e. The van der Waals surface area contributed by atoms with E-state index in [1.54, 1.807) is 0 Å². The molecule has 0 unspecified atom stereocenters. The minimum atomic E-state index is -3.51. The number of hydrogen-bond acceptors (Lipinski definition) is 6. The zero-order valence-corrected chi connectivity index (χ0v) is 16.5. The standard InChI is InChI=1S/C18H22N2O4S2/c1-13-7-9-20(10-8-13)26(22,23)17-5-3-15(4-6-17)18(21)24-11-16-12-25-14(2)19-16/h3-6,12-13H,7-11H2,1-2H3. The van der Waals surface area contributed by atoms with E-state index in [2.05, 4.69) is 11.9 Å². The lowest BCUT2D eigenvalue weighted by atomic mass is 10.0. The van der Waals surface area contributed by atoms with E-state index in [9.17, 15) is 13.2 Å². The first-order valence-corrected chi connectivity index (χ1v) is 10.9. The number of aromatic nitrogens is 1. The minimum absolute atomic E-state index is 0.106. The van der Waals surface area contributed by atoms with Crippen molar-refractivity contribution >= 4 is 27.3 Å². The Labute approximate surface area is 157 Å². The highest BCUT2D eigenvalue weighted by Crippen LogP contribution is 2.23. The van der Waals surface area contributed by atoms with E-state index in [1.165, 1.54) is 39.9 Å². The highest BCUT2D eigenvalue weighted by molar-refractivity contribution is 7.89. The lowest BCUT2D eigenvalue weighted by Crippen LogP contribution is -2.37. The molecule has 0 atom stereocenters. The van der Waals surface area contributed by atoms with Crippen LogP contribution in [0.5, 0.6) is 0 Å². The predicted molar refractivity (Wildman–Crippen MR) is 99.6 cm³/mol. The molecule has 1 aliphatic rings. The summed E-state index contributed by atoms with van der Waals surface area (Å²) in [5, 5.41) is 2.76. The molecule has 2 heterocycles. The number of piperidine rings is 1. The van der Waals surface area contributed by atoms with E-state index in [0.717, 1.165) is 17.8 Å². The molecule has 1 aliphatic heterocycles. The van der Waals surface area contributed by atoms with Crippen molar-refractivity contribution in [3.8, 4) is 0 Å². The molecule has 0 N–H and O–H groups in total. The predicted octanol–water partition coefficient (Wildman–Crippen LogP) is 3.23. The van der Waals surface area contributed by atoms with Crippen LogP contribution in [0.25, 0.3) is 0 Å². The number of ether oxygens (including phenoxy) is 1. The Morgan fingerprint density at radius 2 is 1.92 bits per heavy atom. The van der Waals surface area contributed by atoms with Crippen molar-refractivity contribution in [1.82, 2.24) is 9.29 Å². The number of nitrogens with zero attached hydrogens (tertiary/aromatic N) is 2. The van der Waals surface area contributed by atoms with Crippen LogP contribution < -0.4 is 0 Å². The summed E-state index contributed by atoms with van der Waals surface area (Å²) in [6, 6.07) is 5.93. The Balaban J connectivity index is 1.64. The van der Waals surface area contributed by atoms with Crippen LogP contribution in [0.1, 0.15) is 40.8 Å². The van der Waals surface area contributed by atoms with Gasteiger partial charge in [-0.15, -0.1) is 11.3 Å². The second-order valence-corrected chi connectivity index (χ2v) is 9.55. The maximum Gasteiger partial charge on any atom is 0.338 e. The van der Waals surface area contributed by atoms with Gasteiger partial charge in [0.05, 0.1) is 21.2 Å². The summed E-state index contributed by atoms with van der Waals surface area (Å²) in [5.41, 5.74) is 1.03. The first-order chi connectivity index (χ1) is 12.4. The highest BCUT2D eigenvalue weighted by Gasteiger charge is 2.28. The molecule has 8 heteroatoms. The Bertz CT molecular complexity index is 867. The van der Waals surface area contributed by atoms with Crippen LogP contribution in [0.3, 0.4) is 0 Å². The first kappa shape index (κ1) is 19.0. The van der Waals surface area contributed by atoms with Crippen molar-refractivity contribution in [3.05, 3.63) is 45.9 Å². The zero-order valence-electron chi connectivity index (χ0n) is 14.8. The van der Waals surface area contributed by atoms with Gasteiger partial charge in [-0.05, 0) is 49.9 Å². The van der Waals surface area contributed by atoms with Gasteiger partial charge in [0.1, 0.15) is 6.61 Å². The van der Waals surface area contributed by atoms with Crippen LogP contribution in [0.4, 0.5) is 0 Å². The summed E-state index contributed by atoms with van der Waals surface area (Å²) in [7, 11) is -3.51. The molecule has 3 rings (SSSR count). The Morgan fingerprint density at radius 3 is 2.50 bits per heavy atom. The summed E-state index contributed by atoms with van der Waals surface area (Å²) in [5.74, 6) is 0.0616. The fraction of sp³-hybridized carbons (Fsp3) is 0.444. The Hall–Kier alpha value is -1.77. The zero-order chi connectivity index (χ0) is 18.7. The molecule has 2 aromatic rings. The monoisotopic (exact) mass is 394 g/mol. The van der Waals surface area contributed by atoms with Gasteiger partial charge >= 0.3 is 5.97 Å². The Kier molecular flexibility index (Phi) is 5.74. The second kappa shape index (κ2) is 7.85. The topological polar surface area (TPSA) is 76.6 Å². The van der Waals surface area contributed by atoms with Gasteiger partial charge in [0.2, 0.25) is 10.0 Å². The van der Waals surface area contributed by atoms with Crippen LogP contribution in [0, 0.1) is 12.8 Å². The van der Waals surface area contributed by atoms with E-state index in [4.69, 9.17) is 4.74 Å². The third kappa shape index (κ3) is 4.31. The number of hydrogen-bond donors (Lipinski definition) is 0. The van der Waals surface area contributed by atoms with Crippen molar-refractivity contribution in [2.24, 2.45) is 5.92 Å². The van der Waals surface area contributed by atoms with Crippen LogP contribution in [0.2, 0.25) is 0 Å². The average molecular weight is 395 g/mol. The van der Waals surface area contributed by atoms with Crippen LogP contribution >= 0.6 is 11.3 Å². The van der Waals surface area contributed by atoms with Gasteiger partial charge in [0.25, 0.3) is 0 Å². The molecule has 1 saturated heterocycles. The minimum Gasteiger partial charge on any atom is -0.456 e. The smallest absolute Gasteiger partial charge is 0.338 e. The van der Waals surface area contributed by atoms with E-state index in [0.29, 0.717) is 30.3 Å². The number of carbonyl (C=O) groups excluding carboxylic acids is 1. The van der Waals surface area contributed by atoms with Crippen molar-refractivity contribution < 1.29 is 17.9 Å². The van der Waals surface area contributed by atoms with Gasteiger partial charge in [0.15, 0.2) is 0 Å². The molecule has 26 heavy (non-hydrogen) atoms. The van der Waals surface area contributed by atoms with Gasteiger partial charge in [-0.3, -0.25) is 0 Å². The number of esters is 1. The first-order valence-electron chi connectivity index (χ1n) is 8.54. The lowest BCUT2D eigenvalue weighted by Gasteiger charge is -2.29. The summed E-state index contributed by atoms with van der Waals surface area (Å²) >= 11 is 1.50. The highest BCUT2D eigenvalue weighted by atomic mass is 32.2. The van der Waals surface area contributed by atoms with Crippen LogP contribution in [0.15, 0.2) is 34.5 Å². The average Bonchev–Trinajstić information content (AvgIpc) is 3.05. The number of sulfonamides is 1. The van der Waals surface area contributed by atoms with Crippen molar-refractivity contribution in [2.75, 3.05) is 13.1 Å². The lowest BCUT2D eigenvalue weighted by molar-refractivity contribution is 0.0468. The molecule has 6 nitrogen and oxygen atoms in total. The molecule has 0 radical (unpaired) electrons. The molecule has 0 saturated carbocycles. The van der Waals surface area contributed by atoms with Crippen LogP contribution in [-0.2, 0) is 21.4 Å². The molecule has 1 fully saturated rings. The van der Waals surface area contributed by atoms with Crippen molar-refractivity contribution in [1.29, 1.82) is 0 Å². The van der Waals surface area contributed by atoms with Gasteiger partial charge in [0, 0.05) is 18.5 Å². The van der Waals surface area contributed by atoms with E-state index in [1.807, 2.05) is 12.3 Å². The van der Waals surface area contributed by atoms with Crippen molar-refractivity contribution in [3.63, 3.8) is 0 Å². The Morgan fingerprint density at radius 1 is 1.27 bits per heavy atom. The summed E-state index contributed by atoms with van der Waals surface area (Å²) in [4.78, 5) is 16.6. The maximum atomic E-state index is 12.7. The molecule has 140 valence electrons. The number of rotatable bonds is 5. The number of carbonyl (C=O) groups is 1. The molecule has 1 aromatic heterocycles. The second-order valence-electron chi connectivity index (χ2n) is 6.54. The van der Waals surface area contributed by atoms with Gasteiger partial charge in [-0.25, -0.2) is 18.2 Å². The van der Waals surface area contributed by atoms with Crippen molar-refractivity contribution in [2.45, 2.75) is 38.2 Å². The molecule has 1 aromatic carbocycles. The van der Waals surface area contributed by atoms with Crippen LogP contribution in [-0.4, -0.2) is 36.8 Å². The quantitative estimate of drug-likeness (QED) is 0.728. The molecule has 0 amide bonds. The van der Waals surface area contributed by atoms with E-state index in [-0.39, 0.29) is 11.5 Å². The fourth-order valence-corrected chi connectivity index (χ4v) is 4.90. The molecular formula is C18H22N2O4S2. The normalized spacial score (nSPS) is 16.5. The molecule has 0 bridgehead atoms. The van der Waals surface area contributed by atoms with Gasteiger partial charge < -0.3 is 4.74 Å². The summed E-state index contributed by atoms with van der Waals surface area (Å²) < 4.78 is 32.1. The third-order valence-corrected chi connectivity index (χ3v) is 7.22. The fourth-order valence-electron chi connectivity index (χ4n) is 2.83. The maximum absolute atomic E-state index is 12.7.